The zero-order valence-electron chi connectivity index (χ0n) is 10.0. The van der Waals surface area contributed by atoms with Crippen molar-refractivity contribution in [2.75, 3.05) is 13.2 Å². The van der Waals surface area contributed by atoms with Gasteiger partial charge < -0.3 is 9.52 Å². The van der Waals surface area contributed by atoms with E-state index in [1.165, 1.54) is 0 Å². The summed E-state index contributed by atoms with van der Waals surface area (Å²) in [6, 6.07) is 3.78. The highest BCUT2D eigenvalue weighted by atomic mass is 32.2. The average Bonchev–Trinajstić information content (AvgIpc) is 2.96. The third-order valence-electron chi connectivity index (χ3n) is 3.14. The SMILES string of the molecule is OC[C@H]1CCCN1Cc1ccc(CSC(F)F)o1. The van der Waals surface area contributed by atoms with Crippen molar-refractivity contribution in [3.8, 4) is 0 Å². The summed E-state index contributed by atoms with van der Waals surface area (Å²) in [4.78, 5) is 2.17. The molecule has 1 aromatic rings. The van der Waals surface area contributed by atoms with Crippen molar-refractivity contribution in [3.05, 3.63) is 23.7 Å². The summed E-state index contributed by atoms with van der Waals surface area (Å²) in [6.07, 6.45) is 2.09. The van der Waals surface area contributed by atoms with E-state index in [2.05, 4.69) is 4.90 Å². The van der Waals surface area contributed by atoms with Gasteiger partial charge in [0.2, 0.25) is 0 Å². The zero-order chi connectivity index (χ0) is 13.0. The molecule has 2 rings (SSSR count). The molecule has 0 aromatic carbocycles. The van der Waals surface area contributed by atoms with Crippen LogP contribution in [0.2, 0.25) is 0 Å². The van der Waals surface area contributed by atoms with Crippen LogP contribution in [-0.4, -0.2) is 35.0 Å². The Kier molecular flexibility index (Phi) is 5.03. The monoisotopic (exact) mass is 277 g/mol. The second-order valence-electron chi connectivity index (χ2n) is 4.39. The van der Waals surface area contributed by atoms with Crippen molar-refractivity contribution in [3.63, 3.8) is 0 Å². The van der Waals surface area contributed by atoms with Gasteiger partial charge in [-0.1, -0.05) is 11.8 Å². The van der Waals surface area contributed by atoms with Gasteiger partial charge in [0.25, 0.3) is 5.76 Å². The van der Waals surface area contributed by atoms with Gasteiger partial charge in [-0.2, -0.15) is 8.78 Å². The quantitative estimate of drug-likeness (QED) is 0.867. The molecule has 18 heavy (non-hydrogen) atoms. The first kappa shape index (κ1) is 13.8. The second-order valence-corrected chi connectivity index (χ2v) is 5.37. The smallest absolute Gasteiger partial charge is 0.284 e. The number of aliphatic hydroxyl groups excluding tert-OH is 1. The Balaban J connectivity index is 1.86. The maximum atomic E-state index is 12.0. The molecule has 1 aromatic heterocycles. The Morgan fingerprint density at radius 2 is 2.22 bits per heavy atom. The Labute approximate surface area is 109 Å². The molecule has 0 spiro atoms. The number of thioether (sulfide) groups is 1. The van der Waals surface area contributed by atoms with Crippen LogP contribution in [0.4, 0.5) is 8.78 Å². The van der Waals surface area contributed by atoms with E-state index in [1.54, 1.807) is 6.07 Å². The number of rotatable bonds is 6. The van der Waals surface area contributed by atoms with Gasteiger partial charge in [0.05, 0.1) is 18.9 Å². The molecule has 1 saturated heterocycles. The molecule has 0 amide bonds. The number of aliphatic hydroxyl groups is 1. The lowest BCUT2D eigenvalue weighted by Crippen LogP contribution is -2.31. The highest BCUT2D eigenvalue weighted by Gasteiger charge is 2.24. The van der Waals surface area contributed by atoms with Gasteiger partial charge in [0.1, 0.15) is 11.5 Å². The van der Waals surface area contributed by atoms with Gasteiger partial charge in [-0.3, -0.25) is 4.90 Å². The van der Waals surface area contributed by atoms with Gasteiger partial charge in [0, 0.05) is 6.04 Å². The van der Waals surface area contributed by atoms with Crippen LogP contribution in [0.5, 0.6) is 0 Å². The predicted octanol–water partition coefficient (Wildman–Crippen LogP) is 2.69. The molecule has 1 atom stereocenters. The maximum absolute atomic E-state index is 12.0. The lowest BCUT2D eigenvalue weighted by molar-refractivity contribution is 0.146. The molecule has 3 nitrogen and oxygen atoms in total. The van der Waals surface area contributed by atoms with E-state index in [1.807, 2.05) is 6.07 Å². The van der Waals surface area contributed by atoms with Crippen molar-refractivity contribution in [1.29, 1.82) is 0 Å². The largest absolute Gasteiger partial charge is 0.464 e. The molecule has 0 radical (unpaired) electrons. The predicted molar refractivity (Wildman–Crippen MR) is 66.5 cm³/mol. The summed E-state index contributed by atoms with van der Waals surface area (Å²) < 4.78 is 29.6. The summed E-state index contributed by atoms with van der Waals surface area (Å²) in [5.74, 6) is -0.813. The number of hydrogen-bond donors (Lipinski definition) is 1. The van der Waals surface area contributed by atoms with E-state index in [0.717, 1.165) is 25.1 Å². The molecule has 1 fully saturated rings. The number of hydrogen-bond acceptors (Lipinski definition) is 4. The minimum atomic E-state index is -2.36. The average molecular weight is 277 g/mol. The molecule has 0 bridgehead atoms. The summed E-state index contributed by atoms with van der Waals surface area (Å²) in [7, 11) is 0. The molecular formula is C12H17F2NO2S. The van der Waals surface area contributed by atoms with E-state index in [-0.39, 0.29) is 18.4 Å². The molecular weight excluding hydrogens is 260 g/mol. The van der Waals surface area contributed by atoms with Crippen LogP contribution in [0.25, 0.3) is 0 Å². The van der Waals surface area contributed by atoms with Crippen molar-refractivity contribution >= 4 is 11.8 Å². The Hall–Kier alpha value is -0.590. The summed E-state index contributed by atoms with van der Waals surface area (Å²) in [5.41, 5.74) is 0. The van der Waals surface area contributed by atoms with Gasteiger partial charge in [-0.15, -0.1) is 0 Å². The highest BCUT2D eigenvalue weighted by Crippen LogP contribution is 2.24. The molecule has 0 saturated carbocycles. The van der Waals surface area contributed by atoms with Crippen molar-refractivity contribution in [2.24, 2.45) is 0 Å². The lowest BCUT2D eigenvalue weighted by atomic mass is 10.2. The fourth-order valence-electron chi connectivity index (χ4n) is 2.24. The standard InChI is InChI=1S/C12H17F2NO2S/c13-12(14)18-8-11-4-3-10(17-11)6-15-5-1-2-9(15)7-16/h3-4,9,12,16H,1-2,5-8H2/t9-/m1/s1. The molecule has 1 aliphatic heterocycles. The Morgan fingerprint density at radius 1 is 1.44 bits per heavy atom. The zero-order valence-corrected chi connectivity index (χ0v) is 10.8. The fourth-order valence-corrected chi connectivity index (χ4v) is 2.69. The van der Waals surface area contributed by atoms with Gasteiger partial charge in [0.15, 0.2) is 0 Å². The second kappa shape index (κ2) is 6.54. The lowest BCUT2D eigenvalue weighted by Gasteiger charge is -2.21. The summed E-state index contributed by atoms with van der Waals surface area (Å²) in [6.45, 7) is 1.76. The number of likely N-dealkylation sites (tertiary alicyclic amines) is 1. The summed E-state index contributed by atoms with van der Waals surface area (Å²) in [5, 5.41) is 9.21. The molecule has 2 heterocycles. The number of halogens is 2. The van der Waals surface area contributed by atoms with Crippen LogP contribution in [0.3, 0.4) is 0 Å². The molecule has 1 aliphatic rings. The maximum Gasteiger partial charge on any atom is 0.284 e. The van der Waals surface area contributed by atoms with Gasteiger partial charge in [-0.25, -0.2) is 0 Å². The van der Waals surface area contributed by atoms with E-state index in [9.17, 15) is 13.9 Å². The van der Waals surface area contributed by atoms with E-state index >= 15 is 0 Å². The van der Waals surface area contributed by atoms with Gasteiger partial charge in [-0.05, 0) is 31.5 Å². The highest BCUT2D eigenvalue weighted by molar-refractivity contribution is 7.98. The number of furan rings is 1. The van der Waals surface area contributed by atoms with E-state index < -0.39 is 5.76 Å². The minimum absolute atomic E-state index is 0.162. The number of nitrogens with zero attached hydrogens (tertiary/aromatic N) is 1. The van der Waals surface area contributed by atoms with E-state index in [4.69, 9.17) is 4.42 Å². The Bertz CT molecular complexity index is 373. The van der Waals surface area contributed by atoms with Crippen molar-refractivity contribution in [2.45, 2.75) is 36.9 Å². The first-order valence-electron chi connectivity index (χ1n) is 6.01. The van der Waals surface area contributed by atoms with Crippen LogP contribution in [0.15, 0.2) is 16.5 Å². The molecule has 0 unspecified atom stereocenters. The number of alkyl halides is 2. The molecule has 1 N–H and O–H groups in total. The fraction of sp³-hybridized carbons (Fsp3) is 0.667. The topological polar surface area (TPSA) is 36.6 Å². The molecule has 102 valence electrons. The van der Waals surface area contributed by atoms with Crippen LogP contribution in [-0.2, 0) is 12.3 Å². The third-order valence-corrected chi connectivity index (χ3v) is 3.84. The van der Waals surface area contributed by atoms with Crippen LogP contribution in [0, 0.1) is 0 Å². The summed E-state index contributed by atoms with van der Waals surface area (Å²) >= 11 is 0.565. The molecule has 0 aliphatic carbocycles. The normalized spacial score (nSPS) is 21.0. The van der Waals surface area contributed by atoms with Crippen LogP contribution in [0.1, 0.15) is 24.4 Å². The van der Waals surface area contributed by atoms with Crippen LogP contribution >= 0.6 is 11.8 Å². The van der Waals surface area contributed by atoms with Crippen LogP contribution < -0.4 is 0 Å². The van der Waals surface area contributed by atoms with Crippen molar-refractivity contribution < 1.29 is 18.3 Å². The first-order chi connectivity index (χ1) is 8.69. The minimum Gasteiger partial charge on any atom is -0.464 e. The third kappa shape index (κ3) is 3.70. The van der Waals surface area contributed by atoms with Crippen molar-refractivity contribution in [1.82, 2.24) is 4.90 Å². The van der Waals surface area contributed by atoms with Gasteiger partial charge >= 0.3 is 0 Å². The molecule has 6 heteroatoms. The first-order valence-corrected chi connectivity index (χ1v) is 7.06. The Morgan fingerprint density at radius 3 is 2.94 bits per heavy atom. The van der Waals surface area contributed by atoms with E-state index in [0.29, 0.717) is 24.1 Å².